The monoisotopic (exact) mass is 296 g/mol. The second kappa shape index (κ2) is 6.81. The van der Waals surface area contributed by atoms with Gasteiger partial charge in [0.25, 0.3) is 0 Å². The number of rotatable bonds is 6. The maximum absolute atomic E-state index is 13.7. The van der Waals surface area contributed by atoms with Crippen LogP contribution in [0.1, 0.15) is 25.1 Å². The van der Waals surface area contributed by atoms with Gasteiger partial charge in [0.2, 0.25) is 0 Å². The summed E-state index contributed by atoms with van der Waals surface area (Å²) in [6.45, 7) is 6.14. The van der Waals surface area contributed by atoms with Crippen LogP contribution in [0.4, 0.5) is 4.39 Å². The molecule has 2 aromatic rings. The van der Waals surface area contributed by atoms with Crippen molar-refractivity contribution in [1.82, 2.24) is 20.3 Å². The van der Waals surface area contributed by atoms with Gasteiger partial charge in [-0.1, -0.05) is 36.7 Å². The van der Waals surface area contributed by atoms with Crippen LogP contribution in [0.15, 0.2) is 24.4 Å². The largest absolute Gasteiger partial charge is 0.311 e. The maximum atomic E-state index is 13.7. The summed E-state index contributed by atoms with van der Waals surface area (Å²) in [5.41, 5.74) is 1.26. The van der Waals surface area contributed by atoms with Gasteiger partial charge in [-0.2, -0.15) is 0 Å². The lowest BCUT2D eigenvalue weighted by atomic mass is 10.2. The average molecular weight is 297 g/mol. The first-order valence-electron chi connectivity index (χ1n) is 6.59. The second-order valence-electron chi connectivity index (χ2n) is 5.13. The van der Waals surface area contributed by atoms with E-state index >= 15 is 0 Å². The third-order valence-electron chi connectivity index (χ3n) is 2.83. The number of benzene rings is 1. The highest BCUT2D eigenvalue weighted by molar-refractivity contribution is 6.31. The number of nitrogens with one attached hydrogen (secondary N) is 1. The summed E-state index contributed by atoms with van der Waals surface area (Å²) in [5.74, 6) is 0.259. The van der Waals surface area contributed by atoms with Crippen LogP contribution >= 0.6 is 11.6 Å². The molecule has 0 fully saturated rings. The molecule has 0 atom stereocenters. The lowest BCUT2D eigenvalue weighted by Gasteiger charge is -2.05. The predicted molar refractivity (Wildman–Crippen MR) is 77.1 cm³/mol. The summed E-state index contributed by atoms with van der Waals surface area (Å²) in [7, 11) is 0. The summed E-state index contributed by atoms with van der Waals surface area (Å²) in [4.78, 5) is 0. The highest BCUT2D eigenvalue weighted by Gasteiger charge is 2.09. The smallest absolute Gasteiger partial charge is 0.129 e. The number of hydrogen-bond donors (Lipinski definition) is 1. The minimum absolute atomic E-state index is 0.280. The molecule has 0 saturated carbocycles. The highest BCUT2D eigenvalue weighted by atomic mass is 35.5. The van der Waals surface area contributed by atoms with Gasteiger partial charge in [0.05, 0.1) is 18.4 Å². The van der Waals surface area contributed by atoms with E-state index in [1.165, 1.54) is 6.07 Å². The molecule has 1 aromatic heterocycles. The van der Waals surface area contributed by atoms with Gasteiger partial charge < -0.3 is 5.32 Å². The Morgan fingerprint density at radius 2 is 2.20 bits per heavy atom. The Kier molecular flexibility index (Phi) is 5.09. The van der Waals surface area contributed by atoms with Gasteiger partial charge in [-0.05, 0) is 24.6 Å². The molecule has 1 aromatic carbocycles. The van der Waals surface area contributed by atoms with E-state index in [4.69, 9.17) is 11.6 Å². The minimum Gasteiger partial charge on any atom is -0.311 e. The van der Waals surface area contributed by atoms with Crippen LogP contribution in [-0.2, 0) is 13.1 Å². The van der Waals surface area contributed by atoms with Crippen LogP contribution in [0.5, 0.6) is 0 Å². The molecule has 1 heterocycles. The van der Waals surface area contributed by atoms with Crippen molar-refractivity contribution in [3.8, 4) is 0 Å². The molecule has 20 heavy (non-hydrogen) atoms. The van der Waals surface area contributed by atoms with Gasteiger partial charge in [-0.15, -0.1) is 5.10 Å². The zero-order valence-electron chi connectivity index (χ0n) is 11.6. The number of nitrogens with zero attached hydrogens (tertiary/aromatic N) is 3. The Bertz CT molecular complexity index is 548. The van der Waals surface area contributed by atoms with Crippen LogP contribution in [0.2, 0.25) is 5.02 Å². The van der Waals surface area contributed by atoms with Crippen molar-refractivity contribution in [3.63, 3.8) is 0 Å². The summed E-state index contributed by atoms with van der Waals surface area (Å²) in [6, 6.07) is 4.65. The van der Waals surface area contributed by atoms with E-state index in [9.17, 15) is 4.39 Å². The number of halogens is 2. The molecular weight excluding hydrogens is 279 g/mol. The van der Waals surface area contributed by atoms with E-state index in [1.54, 1.807) is 23.0 Å². The lowest BCUT2D eigenvalue weighted by molar-refractivity contribution is 0.548. The molecule has 0 aliphatic heterocycles. The normalized spacial score (nSPS) is 11.2. The van der Waals surface area contributed by atoms with Gasteiger partial charge in [0.15, 0.2) is 0 Å². The fraction of sp³-hybridized carbons (Fsp3) is 0.429. The summed E-state index contributed by atoms with van der Waals surface area (Å²) in [6.07, 6.45) is 1.80. The molecular formula is C14H18ClFN4. The summed E-state index contributed by atoms with van der Waals surface area (Å²) >= 11 is 5.99. The van der Waals surface area contributed by atoms with Gasteiger partial charge in [0.1, 0.15) is 5.82 Å². The molecule has 0 aliphatic rings. The van der Waals surface area contributed by atoms with Crippen molar-refractivity contribution in [3.05, 3.63) is 46.5 Å². The van der Waals surface area contributed by atoms with Crippen molar-refractivity contribution in [1.29, 1.82) is 0 Å². The van der Waals surface area contributed by atoms with E-state index in [0.29, 0.717) is 23.0 Å². The fourth-order valence-corrected chi connectivity index (χ4v) is 2.05. The molecule has 4 nitrogen and oxygen atoms in total. The van der Waals surface area contributed by atoms with Crippen LogP contribution in [0, 0.1) is 11.7 Å². The molecule has 0 radical (unpaired) electrons. The number of aromatic nitrogens is 3. The molecule has 0 spiro atoms. The van der Waals surface area contributed by atoms with Crippen LogP contribution in [0.3, 0.4) is 0 Å². The van der Waals surface area contributed by atoms with Crippen molar-refractivity contribution in [2.45, 2.75) is 26.9 Å². The molecule has 0 aliphatic carbocycles. The molecule has 0 amide bonds. The molecule has 1 N–H and O–H groups in total. The van der Waals surface area contributed by atoms with Crippen molar-refractivity contribution < 1.29 is 4.39 Å². The summed E-state index contributed by atoms with van der Waals surface area (Å²) < 4.78 is 15.3. The first kappa shape index (κ1) is 14.9. The quantitative estimate of drug-likeness (QED) is 0.891. The van der Waals surface area contributed by atoms with E-state index in [2.05, 4.69) is 29.5 Å². The zero-order chi connectivity index (χ0) is 14.5. The first-order valence-corrected chi connectivity index (χ1v) is 6.96. The van der Waals surface area contributed by atoms with Crippen molar-refractivity contribution in [2.75, 3.05) is 6.54 Å². The average Bonchev–Trinajstić information content (AvgIpc) is 2.81. The topological polar surface area (TPSA) is 42.7 Å². The SMILES string of the molecule is CC(C)CNCc1cn(Cc2c(F)cccc2Cl)nn1. The van der Waals surface area contributed by atoms with Crippen molar-refractivity contribution in [2.24, 2.45) is 5.92 Å². The van der Waals surface area contributed by atoms with Gasteiger partial charge >= 0.3 is 0 Å². The number of hydrogen-bond acceptors (Lipinski definition) is 3. The Hall–Kier alpha value is -1.46. The van der Waals surface area contributed by atoms with E-state index in [1.807, 2.05) is 0 Å². The van der Waals surface area contributed by atoms with Crippen LogP contribution < -0.4 is 5.32 Å². The van der Waals surface area contributed by atoms with Crippen molar-refractivity contribution >= 4 is 11.6 Å². The van der Waals surface area contributed by atoms with Crippen LogP contribution in [-0.4, -0.2) is 21.5 Å². The Labute approximate surface area is 122 Å². The Morgan fingerprint density at radius 3 is 2.90 bits per heavy atom. The van der Waals surface area contributed by atoms with Crippen LogP contribution in [0.25, 0.3) is 0 Å². The first-order chi connectivity index (χ1) is 9.56. The molecule has 0 unspecified atom stereocenters. The van der Waals surface area contributed by atoms with Gasteiger partial charge in [0, 0.05) is 17.1 Å². The van der Waals surface area contributed by atoms with Gasteiger partial charge in [-0.25, -0.2) is 9.07 Å². The van der Waals surface area contributed by atoms with E-state index in [-0.39, 0.29) is 12.4 Å². The Balaban J connectivity index is 1.99. The summed E-state index contributed by atoms with van der Waals surface area (Å²) in [5, 5.41) is 11.7. The molecule has 2 rings (SSSR count). The van der Waals surface area contributed by atoms with E-state index in [0.717, 1.165) is 12.2 Å². The molecule has 6 heteroatoms. The predicted octanol–water partition coefficient (Wildman–Crippen LogP) is 2.86. The third kappa shape index (κ3) is 4.02. The molecule has 0 saturated heterocycles. The fourth-order valence-electron chi connectivity index (χ4n) is 1.83. The molecule has 0 bridgehead atoms. The second-order valence-corrected chi connectivity index (χ2v) is 5.54. The van der Waals surface area contributed by atoms with Gasteiger partial charge in [-0.3, -0.25) is 0 Å². The molecule has 108 valence electrons. The zero-order valence-corrected chi connectivity index (χ0v) is 12.4. The lowest BCUT2D eigenvalue weighted by Crippen LogP contribution is -2.19. The Morgan fingerprint density at radius 1 is 1.40 bits per heavy atom. The minimum atomic E-state index is -0.326. The standard InChI is InChI=1S/C14H18ClFN4/c1-10(2)6-17-7-11-8-20(19-18-11)9-12-13(15)4-3-5-14(12)16/h3-5,8,10,17H,6-7,9H2,1-2H3. The third-order valence-corrected chi connectivity index (χ3v) is 3.18. The van der Waals surface area contributed by atoms with E-state index < -0.39 is 0 Å². The highest BCUT2D eigenvalue weighted by Crippen LogP contribution is 2.19. The maximum Gasteiger partial charge on any atom is 0.129 e.